The first-order valence-electron chi connectivity index (χ1n) is 7.15. The molecule has 4 nitrogen and oxygen atoms in total. The molecular formula is C15H23F2NO3. The highest BCUT2D eigenvalue weighted by molar-refractivity contribution is 5.31. The van der Waals surface area contributed by atoms with Gasteiger partial charge in [0, 0.05) is 13.2 Å². The van der Waals surface area contributed by atoms with E-state index in [0.717, 1.165) is 13.0 Å². The van der Waals surface area contributed by atoms with Crippen LogP contribution in [0.1, 0.15) is 25.8 Å². The van der Waals surface area contributed by atoms with Crippen LogP contribution in [0, 0.1) is 11.6 Å². The van der Waals surface area contributed by atoms with Crippen molar-refractivity contribution in [2.75, 3.05) is 26.4 Å². The van der Waals surface area contributed by atoms with Crippen molar-refractivity contribution in [1.29, 1.82) is 0 Å². The molecule has 2 N–H and O–H groups in total. The molecule has 0 aliphatic rings. The minimum absolute atomic E-state index is 0.0682. The van der Waals surface area contributed by atoms with Crippen molar-refractivity contribution < 1.29 is 23.4 Å². The number of ether oxygens (including phenoxy) is 2. The molecule has 1 unspecified atom stereocenters. The number of aliphatic hydroxyl groups is 1. The van der Waals surface area contributed by atoms with E-state index in [1.165, 1.54) is 12.1 Å². The SMILES string of the molecule is CCCNCc1cc(F)c(OCC(O)COCC)c(F)c1. The lowest BCUT2D eigenvalue weighted by atomic mass is 10.2. The van der Waals surface area contributed by atoms with Crippen LogP contribution in [-0.2, 0) is 11.3 Å². The summed E-state index contributed by atoms with van der Waals surface area (Å²) in [5.41, 5.74) is 0.515. The molecule has 0 aromatic heterocycles. The summed E-state index contributed by atoms with van der Waals surface area (Å²) in [4.78, 5) is 0. The van der Waals surface area contributed by atoms with Gasteiger partial charge in [-0.2, -0.15) is 0 Å². The lowest BCUT2D eigenvalue weighted by molar-refractivity contribution is 0.0148. The Kier molecular flexibility index (Phi) is 8.19. The Bertz CT molecular complexity index is 406. The fourth-order valence-electron chi connectivity index (χ4n) is 1.74. The molecule has 21 heavy (non-hydrogen) atoms. The fraction of sp³-hybridized carbons (Fsp3) is 0.600. The van der Waals surface area contributed by atoms with Gasteiger partial charge in [0.25, 0.3) is 0 Å². The number of rotatable bonds is 10. The monoisotopic (exact) mass is 303 g/mol. The van der Waals surface area contributed by atoms with Gasteiger partial charge in [-0.1, -0.05) is 6.92 Å². The third-order valence-corrected chi connectivity index (χ3v) is 2.75. The van der Waals surface area contributed by atoms with Crippen LogP contribution in [0.15, 0.2) is 12.1 Å². The molecule has 0 bridgehead atoms. The largest absolute Gasteiger partial charge is 0.485 e. The van der Waals surface area contributed by atoms with E-state index < -0.39 is 23.5 Å². The van der Waals surface area contributed by atoms with Crippen LogP contribution in [0.4, 0.5) is 8.78 Å². The van der Waals surface area contributed by atoms with Gasteiger partial charge in [0.1, 0.15) is 12.7 Å². The van der Waals surface area contributed by atoms with Gasteiger partial charge in [-0.05, 0) is 37.6 Å². The summed E-state index contributed by atoms with van der Waals surface area (Å²) in [6.07, 6.45) is 0.0267. The third-order valence-electron chi connectivity index (χ3n) is 2.75. The van der Waals surface area contributed by atoms with Gasteiger partial charge in [-0.25, -0.2) is 8.78 Å². The highest BCUT2D eigenvalue weighted by atomic mass is 19.1. The highest BCUT2D eigenvalue weighted by Crippen LogP contribution is 2.23. The maximum absolute atomic E-state index is 13.8. The molecule has 0 saturated heterocycles. The predicted molar refractivity (Wildman–Crippen MR) is 76.4 cm³/mol. The van der Waals surface area contributed by atoms with Gasteiger partial charge in [0.05, 0.1) is 6.61 Å². The molecule has 1 atom stereocenters. The first-order chi connectivity index (χ1) is 10.1. The van der Waals surface area contributed by atoms with Crippen molar-refractivity contribution in [2.45, 2.75) is 32.9 Å². The second-order valence-electron chi connectivity index (χ2n) is 4.69. The zero-order chi connectivity index (χ0) is 15.7. The van der Waals surface area contributed by atoms with Gasteiger partial charge in [-0.15, -0.1) is 0 Å². The summed E-state index contributed by atoms with van der Waals surface area (Å²) >= 11 is 0. The molecule has 0 aliphatic carbocycles. The van der Waals surface area contributed by atoms with Crippen molar-refractivity contribution in [1.82, 2.24) is 5.32 Å². The molecule has 0 aliphatic heterocycles. The smallest absolute Gasteiger partial charge is 0.190 e. The number of hydrogen-bond acceptors (Lipinski definition) is 4. The normalized spacial score (nSPS) is 12.4. The molecule has 0 saturated carbocycles. The van der Waals surface area contributed by atoms with Crippen molar-refractivity contribution in [3.05, 3.63) is 29.3 Å². The summed E-state index contributed by atoms with van der Waals surface area (Å²) in [6.45, 7) is 5.29. The summed E-state index contributed by atoms with van der Waals surface area (Å²) in [6, 6.07) is 2.46. The second-order valence-corrected chi connectivity index (χ2v) is 4.69. The van der Waals surface area contributed by atoms with Gasteiger partial charge < -0.3 is 19.9 Å². The van der Waals surface area contributed by atoms with E-state index in [4.69, 9.17) is 9.47 Å². The van der Waals surface area contributed by atoms with Crippen LogP contribution in [0.3, 0.4) is 0 Å². The van der Waals surface area contributed by atoms with E-state index in [2.05, 4.69) is 5.32 Å². The van der Waals surface area contributed by atoms with Crippen LogP contribution in [0.2, 0.25) is 0 Å². The number of nitrogens with one attached hydrogen (secondary N) is 1. The molecule has 0 radical (unpaired) electrons. The van der Waals surface area contributed by atoms with Crippen LogP contribution in [0.25, 0.3) is 0 Å². The van der Waals surface area contributed by atoms with Crippen molar-refractivity contribution in [3.8, 4) is 5.75 Å². The minimum Gasteiger partial charge on any atom is -0.485 e. The van der Waals surface area contributed by atoms with E-state index in [-0.39, 0.29) is 13.2 Å². The average Bonchev–Trinajstić information content (AvgIpc) is 2.44. The van der Waals surface area contributed by atoms with E-state index in [0.29, 0.717) is 18.7 Å². The van der Waals surface area contributed by atoms with Crippen LogP contribution in [-0.4, -0.2) is 37.6 Å². The molecule has 0 amide bonds. The lowest BCUT2D eigenvalue weighted by Gasteiger charge is -2.14. The molecule has 0 spiro atoms. The molecule has 6 heteroatoms. The Labute approximate surface area is 124 Å². The van der Waals surface area contributed by atoms with Crippen molar-refractivity contribution >= 4 is 0 Å². The first-order valence-corrected chi connectivity index (χ1v) is 7.15. The second kappa shape index (κ2) is 9.65. The summed E-state index contributed by atoms with van der Waals surface area (Å²) in [5.74, 6) is -2.01. The van der Waals surface area contributed by atoms with Gasteiger partial charge >= 0.3 is 0 Å². The van der Waals surface area contributed by atoms with E-state index in [1.807, 2.05) is 6.92 Å². The van der Waals surface area contributed by atoms with Gasteiger partial charge in [0.2, 0.25) is 0 Å². The quantitative estimate of drug-likeness (QED) is 0.651. The Morgan fingerprint density at radius 1 is 1.19 bits per heavy atom. The van der Waals surface area contributed by atoms with Crippen LogP contribution in [0.5, 0.6) is 5.75 Å². The number of aliphatic hydroxyl groups excluding tert-OH is 1. The summed E-state index contributed by atoms with van der Waals surface area (Å²) in [5, 5.41) is 12.6. The first kappa shape index (κ1) is 17.8. The van der Waals surface area contributed by atoms with E-state index in [9.17, 15) is 13.9 Å². The topological polar surface area (TPSA) is 50.7 Å². The zero-order valence-electron chi connectivity index (χ0n) is 12.5. The Morgan fingerprint density at radius 3 is 2.43 bits per heavy atom. The standard InChI is InChI=1S/C15H23F2NO3/c1-3-5-18-8-11-6-13(16)15(14(17)7-11)21-10-12(19)9-20-4-2/h6-7,12,18-19H,3-5,8-10H2,1-2H3. The molecule has 1 aromatic rings. The Balaban J connectivity index is 2.58. The summed E-state index contributed by atoms with van der Waals surface area (Å²) in [7, 11) is 0. The maximum atomic E-state index is 13.8. The van der Waals surface area contributed by atoms with Crippen molar-refractivity contribution in [3.63, 3.8) is 0 Å². The Hall–Kier alpha value is -1.24. The predicted octanol–water partition coefficient (Wildman–Crippen LogP) is 2.24. The molecule has 1 aromatic carbocycles. The molecule has 0 fully saturated rings. The van der Waals surface area contributed by atoms with Crippen molar-refractivity contribution in [2.24, 2.45) is 0 Å². The Morgan fingerprint density at radius 2 is 1.86 bits per heavy atom. The number of hydrogen-bond donors (Lipinski definition) is 2. The molecular weight excluding hydrogens is 280 g/mol. The number of halogens is 2. The van der Waals surface area contributed by atoms with Gasteiger partial charge in [-0.3, -0.25) is 0 Å². The fourth-order valence-corrected chi connectivity index (χ4v) is 1.74. The molecule has 1 rings (SSSR count). The maximum Gasteiger partial charge on any atom is 0.190 e. The average molecular weight is 303 g/mol. The lowest BCUT2D eigenvalue weighted by Crippen LogP contribution is -2.24. The number of benzene rings is 1. The van der Waals surface area contributed by atoms with E-state index in [1.54, 1.807) is 6.92 Å². The minimum atomic E-state index is -0.922. The zero-order valence-corrected chi connectivity index (χ0v) is 12.5. The highest BCUT2D eigenvalue weighted by Gasteiger charge is 2.14. The van der Waals surface area contributed by atoms with Gasteiger partial charge in [0.15, 0.2) is 17.4 Å². The molecule has 120 valence electrons. The van der Waals surface area contributed by atoms with Crippen LogP contribution < -0.4 is 10.1 Å². The van der Waals surface area contributed by atoms with Crippen LogP contribution >= 0.6 is 0 Å². The third kappa shape index (κ3) is 6.37. The molecule has 0 heterocycles. The summed E-state index contributed by atoms with van der Waals surface area (Å²) < 4.78 is 37.6. The van der Waals surface area contributed by atoms with E-state index >= 15 is 0 Å².